The lowest BCUT2D eigenvalue weighted by Gasteiger charge is -2.35. The Morgan fingerprint density at radius 1 is 1.19 bits per heavy atom. The molecule has 3 rings (SSSR count). The van der Waals surface area contributed by atoms with Gasteiger partial charge in [0, 0.05) is 5.02 Å². The van der Waals surface area contributed by atoms with E-state index in [9.17, 15) is 22.8 Å². The van der Waals surface area contributed by atoms with Gasteiger partial charge in [0.25, 0.3) is 0 Å². The van der Waals surface area contributed by atoms with Crippen LogP contribution in [-0.4, -0.2) is 36.1 Å². The molecule has 1 amide bonds. The van der Waals surface area contributed by atoms with Crippen molar-refractivity contribution >= 4 is 23.3 Å². The van der Waals surface area contributed by atoms with Crippen LogP contribution in [0.3, 0.4) is 0 Å². The van der Waals surface area contributed by atoms with Crippen LogP contribution in [0.1, 0.15) is 48.3 Å². The molecule has 2 aliphatic rings. The Morgan fingerprint density at radius 2 is 1.74 bits per heavy atom. The fourth-order valence-electron chi connectivity index (χ4n) is 4.24. The molecular weight excluding hydrogens is 383 g/mol. The minimum Gasteiger partial charge on any atom is -0.369 e. The molecule has 8 heteroatoms. The molecule has 2 fully saturated rings. The maximum absolute atomic E-state index is 13.2. The summed E-state index contributed by atoms with van der Waals surface area (Å²) >= 11 is 6.04. The van der Waals surface area contributed by atoms with Gasteiger partial charge >= 0.3 is 6.18 Å². The van der Waals surface area contributed by atoms with Crippen LogP contribution in [0.25, 0.3) is 0 Å². The largest absolute Gasteiger partial charge is 0.411 e. The van der Waals surface area contributed by atoms with E-state index in [0.717, 1.165) is 11.1 Å². The fraction of sp³-hybridized carbons (Fsp3) is 0.579. The van der Waals surface area contributed by atoms with Gasteiger partial charge in [-0.1, -0.05) is 11.6 Å². The van der Waals surface area contributed by atoms with Crippen LogP contribution in [0.4, 0.5) is 13.2 Å². The number of aryl methyl sites for hydroxylation is 2. The van der Waals surface area contributed by atoms with Crippen molar-refractivity contribution in [3.8, 4) is 0 Å². The predicted octanol–water partition coefficient (Wildman–Crippen LogP) is 4.00. The molecule has 0 bridgehead atoms. The molecular formula is C19H21ClF3NO3. The second-order valence-electron chi connectivity index (χ2n) is 7.45. The molecule has 1 spiro atoms. The van der Waals surface area contributed by atoms with Gasteiger partial charge in [-0.15, -0.1) is 0 Å². The van der Waals surface area contributed by atoms with Gasteiger partial charge in [-0.2, -0.15) is 13.2 Å². The third-order valence-corrected chi connectivity index (χ3v) is 5.69. The number of Topliss-reactive ketones (excluding diaryl/α,β-unsaturated/α-hetero) is 1. The number of hydrogen-bond acceptors (Lipinski definition) is 3. The molecule has 0 radical (unpaired) electrons. The zero-order valence-electron chi connectivity index (χ0n) is 15.1. The second kappa shape index (κ2) is 7.09. The number of halogens is 4. The molecule has 1 atom stereocenters. The van der Waals surface area contributed by atoms with Gasteiger partial charge in [0.15, 0.2) is 5.78 Å². The number of carbonyl (C=O) groups excluding carboxylic acids is 2. The Balaban J connectivity index is 1.76. The lowest BCUT2D eigenvalue weighted by molar-refractivity contribution is -0.189. The van der Waals surface area contributed by atoms with Crippen molar-refractivity contribution in [3.63, 3.8) is 0 Å². The first-order chi connectivity index (χ1) is 12.5. The summed E-state index contributed by atoms with van der Waals surface area (Å²) in [4.78, 5) is 25.8. The SMILES string of the molecule is Cc1cc(Cl)cc(C)c1C1C(=O)NC2(CCC(OCC(F)(F)F)CC2)C1=O. The fourth-order valence-corrected chi connectivity index (χ4v) is 4.57. The smallest absolute Gasteiger partial charge is 0.369 e. The number of alkyl halides is 3. The summed E-state index contributed by atoms with van der Waals surface area (Å²) in [5, 5.41) is 3.37. The number of benzene rings is 1. The molecule has 4 nitrogen and oxygen atoms in total. The number of ether oxygens (including phenoxy) is 1. The van der Waals surface area contributed by atoms with Crippen LogP contribution >= 0.6 is 11.6 Å². The van der Waals surface area contributed by atoms with Gasteiger partial charge in [0.1, 0.15) is 12.5 Å². The summed E-state index contributed by atoms with van der Waals surface area (Å²) in [5.74, 6) is -1.48. The Morgan fingerprint density at radius 3 is 2.26 bits per heavy atom. The van der Waals surface area contributed by atoms with E-state index >= 15 is 0 Å². The lowest BCUT2D eigenvalue weighted by atomic mass is 9.75. The third-order valence-electron chi connectivity index (χ3n) is 5.47. The van der Waals surface area contributed by atoms with Gasteiger partial charge in [-0.3, -0.25) is 9.59 Å². The van der Waals surface area contributed by atoms with Crippen LogP contribution in [0, 0.1) is 13.8 Å². The normalized spacial score (nSPS) is 28.7. The Kier molecular flexibility index (Phi) is 5.29. The number of nitrogens with one attached hydrogen (secondary N) is 1. The van der Waals surface area contributed by atoms with E-state index in [4.69, 9.17) is 16.3 Å². The number of amides is 1. The summed E-state index contributed by atoms with van der Waals surface area (Å²) in [6.45, 7) is 2.32. The number of ketones is 1. The average Bonchev–Trinajstić information content (AvgIpc) is 2.77. The second-order valence-corrected chi connectivity index (χ2v) is 7.88. The predicted molar refractivity (Wildman–Crippen MR) is 93.8 cm³/mol. The first-order valence-electron chi connectivity index (χ1n) is 8.84. The molecule has 148 valence electrons. The van der Waals surface area contributed by atoms with Crippen molar-refractivity contribution in [2.24, 2.45) is 0 Å². The molecule has 1 saturated carbocycles. The van der Waals surface area contributed by atoms with Crippen LogP contribution in [0.5, 0.6) is 0 Å². The van der Waals surface area contributed by atoms with E-state index in [0.29, 0.717) is 23.4 Å². The summed E-state index contributed by atoms with van der Waals surface area (Å²) in [6.07, 6.45) is -3.77. The van der Waals surface area contributed by atoms with Gasteiger partial charge in [0.05, 0.1) is 11.6 Å². The molecule has 1 aliphatic heterocycles. The van der Waals surface area contributed by atoms with E-state index in [1.165, 1.54) is 0 Å². The van der Waals surface area contributed by atoms with Crippen LogP contribution in [-0.2, 0) is 14.3 Å². The van der Waals surface area contributed by atoms with Crippen molar-refractivity contribution in [3.05, 3.63) is 33.8 Å². The topological polar surface area (TPSA) is 55.4 Å². The zero-order chi connectivity index (χ0) is 20.0. The van der Waals surface area contributed by atoms with Gasteiger partial charge < -0.3 is 10.1 Å². The standard InChI is InChI=1S/C19H21ClF3NO3/c1-10-7-12(20)8-11(2)14(10)15-16(25)18(24-17(15)26)5-3-13(4-6-18)27-9-19(21,22)23/h7-8,13,15H,3-6,9H2,1-2H3,(H,24,26). The highest BCUT2D eigenvalue weighted by molar-refractivity contribution is 6.30. The third kappa shape index (κ3) is 3.99. The highest BCUT2D eigenvalue weighted by atomic mass is 35.5. The van der Waals surface area contributed by atoms with Crippen molar-refractivity contribution in [1.29, 1.82) is 0 Å². The molecule has 1 unspecified atom stereocenters. The van der Waals surface area contributed by atoms with Crippen molar-refractivity contribution in [2.75, 3.05) is 6.61 Å². The van der Waals surface area contributed by atoms with E-state index in [1.807, 2.05) is 13.8 Å². The number of hydrogen-bond donors (Lipinski definition) is 1. The number of carbonyl (C=O) groups is 2. The molecule has 1 aromatic rings. The summed E-state index contributed by atoms with van der Waals surface area (Å²) in [5.41, 5.74) is 1.19. The van der Waals surface area contributed by atoms with Crippen molar-refractivity contribution < 1.29 is 27.5 Å². The molecule has 1 N–H and O–H groups in total. The van der Waals surface area contributed by atoms with Gasteiger partial charge in [0.2, 0.25) is 5.91 Å². The Bertz CT molecular complexity index is 747. The zero-order valence-corrected chi connectivity index (χ0v) is 15.8. The molecule has 0 aromatic heterocycles. The first-order valence-corrected chi connectivity index (χ1v) is 9.21. The number of rotatable bonds is 3. The van der Waals surface area contributed by atoms with Gasteiger partial charge in [-0.05, 0) is 68.4 Å². The Hall–Kier alpha value is -1.60. The van der Waals surface area contributed by atoms with Crippen LogP contribution in [0.2, 0.25) is 5.02 Å². The van der Waals surface area contributed by atoms with Crippen molar-refractivity contribution in [2.45, 2.75) is 63.3 Å². The summed E-state index contributed by atoms with van der Waals surface area (Å²) in [7, 11) is 0. The molecule has 1 aliphatic carbocycles. The van der Waals surface area contributed by atoms with Gasteiger partial charge in [-0.25, -0.2) is 0 Å². The minimum atomic E-state index is -4.37. The molecule has 27 heavy (non-hydrogen) atoms. The molecule has 1 aromatic carbocycles. The summed E-state index contributed by atoms with van der Waals surface area (Å²) < 4.78 is 41.9. The average molecular weight is 404 g/mol. The van der Waals surface area contributed by atoms with E-state index in [1.54, 1.807) is 12.1 Å². The maximum Gasteiger partial charge on any atom is 0.411 e. The molecule has 1 saturated heterocycles. The van der Waals surface area contributed by atoms with E-state index in [-0.39, 0.29) is 24.5 Å². The van der Waals surface area contributed by atoms with Crippen LogP contribution in [0.15, 0.2) is 12.1 Å². The highest BCUT2D eigenvalue weighted by Gasteiger charge is 2.54. The maximum atomic E-state index is 13.2. The quantitative estimate of drug-likeness (QED) is 0.776. The van der Waals surface area contributed by atoms with E-state index < -0.39 is 30.3 Å². The summed E-state index contributed by atoms with van der Waals surface area (Å²) in [6, 6.07) is 3.44. The van der Waals surface area contributed by atoms with Crippen LogP contribution < -0.4 is 5.32 Å². The molecule has 1 heterocycles. The highest BCUT2D eigenvalue weighted by Crippen LogP contribution is 2.42. The van der Waals surface area contributed by atoms with E-state index in [2.05, 4.69) is 5.32 Å². The minimum absolute atomic E-state index is 0.213. The lowest BCUT2D eigenvalue weighted by Crippen LogP contribution is -2.50. The van der Waals surface area contributed by atoms with Crippen molar-refractivity contribution in [1.82, 2.24) is 5.32 Å². The Labute approximate surface area is 160 Å². The first kappa shape index (κ1) is 20.1. The monoisotopic (exact) mass is 403 g/mol.